The average molecular weight is 1980 g/mol. The molecule has 5 aliphatic rings. The van der Waals surface area contributed by atoms with Crippen LogP contribution in [0, 0.1) is 5.41 Å². The first-order valence-electron chi connectivity index (χ1n) is 51.7. The van der Waals surface area contributed by atoms with Crippen LogP contribution in [0.4, 0.5) is 39.8 Å². The third-order valence-corrected chi connectivity index (χ3v) is 27.8. The van der Waals surface area contributed by atoms with Crippen molar-refractivity contribution in [2.45, 2.75) is 176 Å². The number of rotatable bonds is 23. The Bertz CT molecular complexity index is 8170. The highest BCUT2D eigenvalue weighted by atomic mass is 16.2. The Morgan fingerprint density at radius 2 is 0.588 bits per heavy atom. The van der Waals surface area contributed by atoms with Crippen LogP contribution >= 0.6 is 0 Å². The number of H-pyrrole nitrogens is 8. The maximum Gasteiger partial charge on any atom is 0.224 e. The van der Waals surface area contributed by atoms with Gasteiger partial charge in [0.2, 0.25) is 17.7 Å². The highest BCUT2D eigenvalue weighted by molar-refractivity contribution is 6.02. The summed E-state index contributed by atoms with van der Waals surface area (Å²) in [6.45, 7) is 21.7. The Kier molecular flexibility index (Phi) is 28.0. The number of amides is 3. The predicted octanol–water partition coefficient (Wildman–Crippen LogP) is 20.0. The van der Waals surface area contributed by atoms with Gasteiger partial charge in [0.25, 0.3) is 0 Å². The van der Waals surface area contributed by atoms with Crippen molar-refractivity contribution in [2.75, 3.05) is 101 Å². The van der Waals surface area contributed by atoms with E-state index in [-0.39, 0.29) is 23.1 Å². The minimum Gasteiger partial charge on any atom is -0.368 e. The highest BCUT2D eigenvalue weighted by Gasteiger charge is 2.29. The largest absolute Gasteiger partial charge is 0.368 e. The zero-order chi connectivity index (χ0) is 101. The van der Waals surface area contributed by atoms with Crippen LogP contribution in [0.2, 0.25) is 0 Å². The molecular weight excluding hydrogens is 1860 g/mol. The van der Waals surface area contributed by atoms with E-state index in [1.807, 2.05) is 132 Å². The highest BCUT2D eigenvalue weighted by Crippen LogP contribution is 2.41. The van der Waals surface area contributed by atoms with E-state index in [1.54, 1.807) is 55.8 Å². The number of anilines is 7. The second-order valence-corrected chi connectivity index (χ2v) is 40.1. The molecule has 0 unspecified atom stereocenters. The van der Waals surface area contributed by atoms with E-state index in [4.69, 9.17) is 19.9 Å². The maximum absolute atomic E-state index is 12.4. The number of imidazole rings is 4. The van der Waals surface area contributed by atoms with E-state index in [2.05, 4.69) is 180 Å². The first kappa shape index (κ1) is 95.9. The fraction of sp³-hybridized carbons (Fsp3) is 0.349. The second-order valence-electron chi connectivity index (χ2n) is 40.1. The summed E-state index contributed by atoms with van der Waals surface area (Å²) >= 11 is 0. The summed E-state index contributed by atoms with van der Waals surface area (Å²) in [7, 11) is 0. The Morgan fingerprint density at radius 1 is 0.304 bits per heavy atom. The number of fused-ring (bicyclic) bond motifs is 8. The van der Waals surface area contributed by atoms with Gasteiger partial charge in [0.15, 0.2) is 45.9 Å². The van der Waals surface area contributed by atoms with Crippen molar-refractivity contribution >= 4 is 146 Å². The van der Waals surface area contributed by atoms with Gasteiger partial charge >= 0.3 is 0 Å². The molecule has 0 aromatic carbocycles. The van der Waals surface area contributed by atoms with Gasteiger partial charge < -0.3 is 55.5 Å². The average Bonchev–Trinajstić information content (AvgIpc) is 1.62. The number of aromatic amines is 8. The molecule has 39 nitrogen and oxygen atoms in total. The zero-order valence-electron chi connectivity index (χ0n) is 83.7. The molecule has 25 heterocycles. The number of carbonyl (C=O) groups excluding carboxylic acids is 3. The normalized spacial score (nSPS) is 14.8. The predicted molar refractivity (Wildman–Crippen MR) is 578 cm³/mol. The summed E-state index contributed by atoms with van der Waals surface area (Å²) in [5.41, 5.74) is 27.5. The molecule has 11 N–H and O–H groups in total. The lowest BCUT2D eigenvalue weighted by atomic mass is 9.92. The number of unbranched alkanes of at least 4 members (excludes halogenated alkanes) is 1. The summed E-state index contributed by atoms with van der Waals surface area (Å²) in [6.07, 6.45) is 58.8. The lowest BCUT2D eigenvalue weighted by molar-refractivity contribution is -0.118. The molecule has 0 atom stereocenters. The number of hydrogen-bond acceptors (Lipinski definition) is 28. The molecule has 5 fully saturated rings. The summed E-state index contributed by atoms with van der Waals surface area (Å²) in [5.74, 6) is 2.76. The van der Waals surface area contributed by atoms with E-state index in [0.717, 1.165) is 240 Å². The monoisotopic (exact) mass is 1980 g/mol. The van der Waals surface area contributed by atoms with Crippen LogP contribution in [0.3, 0.4) is 0 Å². The van der Waals surface area contributed by atoms with Crippen molar-refractivity contribution in [3.8, 4) is 90.6 Å². The van der Waals surface area contributed by atoms with Gasteiger partial charge in [0, 0.05) is 178 Å². The molecular formula is C109H118N36O3. The van der Waals surface area contributed by atoms with Crippen LogP contribution in [0.5, 0.6) is 0 Å². The molecule has 20 aromatic heterocycles. The molecule has 39 heteroatoms. The number of likely N-dealkylation sites (tertiary alicyclic amines) is 1. The van der Waals surface area contributed by atoms with Crippen molar-refractivity contribution in [3.05, 3.63) is 178 Å². The van der Waals surface area contributed by atoms with Crippen molar-refractivity contribution in [1.29, 1.82) is 0 Å². The lowest BCUT2D eigenvalue weighted by Crippen LogP contribution is -2.29. The molecule has 0 bridgehead atoms. The molecule has 0 spiro atoms. The molecule has 3 amide bonds. The number of hydrogen-bond donors (Lipinski definition) is 11. The van der Waals surface area contributed by atoms with Crippen LogP contribution in [-0.4, -0.2) is 229 Å². The third kappa shape index (κ3) is 21.3. The fourth-order valence-corrected chi connectivity index (χ4v) is 20.4. The van der Waals surface area contributed by atoms with Crippen molar-refractivity contribution in [1.82, 2.24) is 145 Å². The molecule has 148 heavy (non-hydrogen) atoms. The molecule has 0 aliphatic carbocycles. The molecule has 752 valence electrons. The first-order valence-corrected chi connectivity index (χ1v) is 51.7. The Balaban J connectivity index is 0.000000112. The molecule has 0 saturated carbocycles. The number of nitrogens with one attached hydrogen (secondary N) is 11. The molecule has 5 aliphatic heterocycles. The summed E-state index contributed by atoms with van der Waals surface area (Å²) in [4.78, 5) is 136. The van der Waals surface area contributed by atoms with Gasteiger partial charge in [-0.2, -0.15) is 20.4 Å². The van der Waals surface area contributed by atoms with Gasteiger partial charge in [0.05, 0.1) is 152 Å². The van der Waals surface area contributed by atoms with E-state index in [0.29, 0.717) is 76.4 Å². The number of carbonyl (C=O) groups is 3. The number of pyridine rings is 12. The number of aromatic nitrogens is 28. The minimum atomic E-state index is -0.0942. The SMILES string of the molecule is CC(C)(C)CC(=O)Nc1cncc(-c2cnc3n[nH]c(-c4nc5c(N6CCCCC6)cncc5[nH]4)c3c2)c1.CCCC(=O)Nc1cncc(-c2cnc3n[nH]c(-c4nc5c(N6CCCCC6)cncc5[nH]4)c3c2)c1.CCCCC(=O)Nc1cncc(-c2cnc3n[nH]c(-c4nc5c(N6CCCCC6)cncc5[nH]4)c3c2)c1.c1ncc(-c2cnc3n[nH]c(-c4nc5c(N6CCCCC6)cncc5[nH]4)c3c2)cc1CN1CCCCC1. The molecule has 0 radical (unpaired) electrons. The van der Waals surface area contributed by atoms with Crippen molar-refractivity contribution in [3.63, 3.8) is 0 Å². The maximum atomic E-state index is 12.4. The topological polar surface area (TPSA) is 488 Å². The quantitative estimate of drug-likeness (QED) is 0.0283. The van der Waals surface area contributed by atoms with Crippen LogP contribution in [0.15, 0.2) is 172 Å². The third-order valence-electron chi connectivity index (χ3n) is 27.8. The van der Waals surface area contributed by atoms with E-state index in [9.17, 15) is 14.4 Å². The summed E-state index contributed by atoms with van der Waals surface area (Å²) in [5, 5.41) is 42.5. The summed E-state index contributed by atoms with van der Waals surface area (Å²) < 4.78 is 0. The van der Waals surface area contributed by atoms with Gasteiger partial charge in [-0.15, -0.1) is 0 Å². The molecule has 25 rings (SSSR count). The van der Waals surface area contributed by atoms with E-state index < -0.39 is 0 Å². The minimum absolute atomic E-state index is 0.00482. The van der Waals surface area contributed by atoms with Gasteiger partial charge in [-0.3, -0.25) is 79.6 Å². The van der Waals surface area contributed by atoms with E-state index in [1.165, 1.54) is 115 Å². The Labute approximate surface area is 851 Å². The van der Waals surface area contributed by atoms with Crippen LogP contribution in [0.1, 0.15) is 175 Å². The number of piperidine rings is 5. The Hall–Kier alpha value is -16.9. The van der Waals surface area contributed by atoms with Gasteiger partial charge in [-0.1, -0.05) is 47.5 Å². The Morgan fingerprint density at radius 3 is 0.899 bits per heavy atom. The van der Waals surface area contributed by atoms with Gasteiger partial charge in [0.1, 0.15) is 44.8 Å². The van der Waals surface area contributed by atoms with Gasteiger partial charge in [-0.05, 0) is 175 Å². The van der Waals surface area contributed by atoms with E-state index >= 15 is 0 Å². The zero-order valence-corrected chi connectivity index (χ0v) is 83.7. The van der Waals surface area contributed by atoms with Crippen LogP contribution in [0.25, 0.3) is 179 Å². The van der Waals surface area contributed by atoms with Gasteiger partial charge in [-0.25, -0.2) is 39.9 Å². The molecule has 5 saturated heterocycles. The molecule has 20 aromatic rings. The van der Waals surface area contributed by atoms with Crippen molar-refractivity contribution in [2.24, 2.45) is 5.41 Å². The fourth-order valence-electron chi connectivity index (χ4n) is 20.4. The van der Waals surface area contributed by atoms with Crippen LogP contribution < -0.4 is 35.6 Å². The standard InChI is InChI=1S/C28H31N9O.C28H31N9.C27H29N9O.C26H27N9O/c1-28(2,3)11-23(38)32-19-9-17(12-29-14-19)18-10-20-24(35-36-26(20)31-13-18)27-33-21-15-30-16-22(25(21)34-27)37-7-5-4-6-8-37;1-3-7-36(8-4-1)18-19-11-20(14-29-13-19)21-12-22-25(34-35-27(22)31-15-21)28-32-23-16-30-17-24(26(23)33-28)37-9-5-2-6-10-37;1-2-3-7-23(37)31-19-10-17(12-28-14-19)18-11-20-24(34-35-26(20)30-13-18)27-32-21-15-29-16-22(25(21)33-27)36-8-5-4-6-9-36;1-2-6-22(36)30-18-9-16(11-27-13-18)17-10-19-23(33-34-25(19)29-12-17)26-31-20-14-28-15-21(24(20)32-26)35-7-4-3-5-8-35/h9-10,12-16H,4-8,11H2,1-3H3,(H,32,38)(H,33,34)(H,31,35,36);11-17H,1-10,18H2,(H,32,33)(H,31,34,35);10-16H,2-9H2,1H3,(H,31,37)(H,32,33)(H,30,34,35);9-15H,2-8H2,1H3,(H,30,36)(H,31,32)(H,29,33,34). The first-order chi connectivity index (χ1) is 72.5. The number of nitrogens with zero attached hydrogens (tertiary/aromatic N) is 25. The van der Waals surface area contributed by atoms with Crippen LogP contribution in [-0.2, 0) is 20.9 Å². The summed E-state index contributed by atoms with van der Waals surface area (Å²) in [6, 6.07) is 16.2. The second kappa shape index (κ2) is 43.2. The smallest absolute Gasteiger partial charge is 0.224 e. The van der Waals surface area contributed by atoms with Crippen molar-refractivity contribution < 1.29 is 14.4 Å². The lowest BCUT2D eigenvalue weighted by Gasteiger charge is -2.28.